The second-order valence-corrected chi connectivity index (χ2v) is 6.50. The van der Waals surface area contributed by atoms with E-state index in [9.17, 15) is 0 Å². The van der Waals surface area contributed by atoms with Gasteiger partial charge in [-0.1, -0.05) is 109 Å². The SMILES string of the molecule is [CH2]CCCCCCCCCCCC=CCC=CCCCCC. The smallest absolute Gasteiger partial charge is 0.0169 e. The summed E-state index contributed by atoms with van der Waals surface area (Å²) in [6.07, 6.45) is 30.8. The zero-order valence-electron chi connectivity index (χ0n) is 15.3. The average molecular weight is 306 g/mol. The normalized spacial score (nSPS) is 11.9. The fourth-order valence-corrected chi connectivity index (χ4v) is 2.70. The highest BCUT2D eigenvalue weighted by atomic mass is 14.0. The minimum Gasteiger partial charge on any atom is -0.0882 e. The third kappa shape index (κ3) is 19.5. The van der Waals surface area contributed by atoms with E-state index >= 15 is 0 Å². The van der Waals surface area contributed by atoms with Crippen LogP contribution in [0.4, 0.5) is 0 Å². The van der Waals surface area contributed by atoms with Gasteiger partial charge in [0.1, 0.15) is 0 Å². The lowest BCUT2D eigenvalue weighted by atomic mass is 10.1. The number of allylic oxidation sites excluding steroid dienone is 4. The van der Waals surface area contributed by atoms with Crippen LogP contribution in [-0.2, 0) is 0 Å². The van der Waals surface area contributed by atoms with E-state index in [0.717, 1.165) is 12.8 Å². The quantitative estimate of drug-likeness (QED) is 0.188. The lowest BCUT2D eigenvalue weighted by molar-refractivity contribution is 0.561. The van der Waals surface area contributed by atoms with Crippen LogP contribution < -0.4 is 0 Å². The first kappa shape index (κ1) is 21.5. The predicted octanol–water partition coefficient (Wildman–Crippen LogP) is 8.19. The van der Waals surface area contributed by atoms with Crippen LogP contribution >= 0.6 is 0 Å². The maximum atomic E-state index is 3.89. The molecule has 1 radical (unpaired) electrons. The number of hydrogen-bond donors (Lipinski definition) is 0. The second kappa shape index (κ2) is 20.5. The van der Waals surface area contributed by atoms with E-state index in [0.29, 0.717) is 0 Å². The molecule has 0 aromatic rings. The van der Waals surface area contributed by atoms with Gasteiger partial charge < -0.3 is 0 Å². The lowest BCUT2D eigenvalue weighted by Crippen LogP contribution is -1.81. The van der Waals surface area contributed by atoms with Gasteiger partial charge in [0, 0.05) is 0 Å². The summed E-state index contributed by atoms with van der Waals surface area (Å²) in [6, 6.07) is 0. The Morgan fingerprint density at radius 2 is 1.00 bits per heavy atom. The zero-order chi connectivity index (χ0) is 16.1. The van der Waals surface area contributed by atoms with Crippen LogP contribution in [-0.4, -0.2) is 0 Å². The van der Waals surface area contributed by atoms with E-state index in [4.69, 9.17) is 0 Å². The average Bonchev–Trinajstić information content (AvgIpc) is 2.54. The van der Waals surface area contributed by atoms with Gasteiger partial charge in [-0.05, 0) is 32.1 Å². The first-order valence-electron chi connectivity index (χ1n) is 10.0. The molecule has 0 spiro atoms. The summed E-state index contributed by atoms with van der Waals surface area (Å²) in [6.45, 7) is 6.15. The van der Waals surface area contributed by atoms with Crippen LogP contribution in [0.25, 0.3) is 0 Å². The van der Waals surface area contributed by atoms with Crippen molar-refractivity contribution in [2.75, 3.05) is 0 Å². The van der Waals surface area contributed by atoms with Gasteiger partial charge in [0.15, 0.2) is 0 Å². The first-order chi connectivity index (χ1) is 10.9. The third-order valence-corrected chi connectivity index (χ3v) is 4.20. The number of hydrogen-bond acceptors (Lipinski definition) is 0. The molecule has 0 aliphatic carbocycles. The van der Waals surface area contributed by atoms with Crippen molar-refractivity contribution in [1.29, 1.82) is 0 Å². The van der Waals surface area contributed by atoms with Crippen molar-refractivity contribution in [3.8, 4) is 0 Å². The molecule has 0 heteroatoms. The molecule has 22 heavy (non-hydrogen) atoms. The van der Waals surface area contributed by atoms with E-state index in [1.54, 1.807) is 0 Å². The molecule has 0 saturated heterocycles. The molecule has 0 nitrogen and oxygen atoms in total. The topological polar surface area (TPSA) is 0 Å². The summed E-state index contributed by atoms with van der Waals surface area (Å²) in [5.41, 5.74) is 0. The standard InChI is InChI=1S/C22H41/c1-3-5-7-9-11-13-15-17-19-21-22-20-18-16-14-12-10-8-6-4-2/h12,14,18,20H,1,3-11,13,15-17,19,21-22H2,2H3. The van der Waals surface area contributed by atoms with Gasteiger partial charge in [-0.2, -0.15) is 0 Å². The van der Waals surface area contributed by atoms with Gasteiger partial charge in [-0.3, -0.25) is 0 Å². The highest BCUT2D eigenvalue weighted by molar-refractivity contribution is 4.92. The van der Waals surface area contributed by atoms with Gasteiger partial charge in [-0.25, -0.2) is 0 Å². The highest BCUT2D eigenvalue weighted by Gasteiger charge is 1.91. The van der Waals surface area contributed by atoms with Crippen LogP contribution in [0.15, 0.2) is 24.3 Å². The molecule has 0 amide bonds. The van der Waals surface area contributed by atoms with E-state index < -0.39 is 0 Å². The monoisotopic (exact) mass is 305 g/mol. The molecule has 0 bridgehead atoms. The predicted molar refractivity (Wildman–Crippen MR) is 103 cm³/mol. The van der Waals surface area contributed by atoms with Crippen molar-refractivity contribution in [1.82, 2.24) is 0 Å². The molecule has 129 valence electrons. The maximum absolute atomic E-state index is 3.89. The van der Waals surface area contributed by atoms with Crippen LogP contribution in [0, 0.1) is 6.92 Å². The van der Waals surface area contributed by atoms with Crippen molar-refractivity contribution < 1.29 is 0 Å². The van der Waals surface area contributed by atoms with E-state index in [1.807, 2.05) is 0 Å². The molecular formula is C22H41. The van der Waals surface area contributed by atoms with Gasteiger partial charge in [0.05, 0.1) is 0 Å². The van der Waals surface area contributed by atoms with Crippen LogP contribution in [0.2, 0.25) is 0 Å². The fourth-order valence-electron chi connectivity index (χ4n) is 2.70. The molecule has 0 aromatic heterocycles. The minimum absolute atomic E-state index is 1.11. The Balaban J connectivity index is 3.11. The summed E-state index contributed by atoms with van der Waals surface area (Å²) in [4.78, 5) is 0. The van der Waals surface area contributed by atoms with Crippen LogP contribution in [0.5, 0.6) is 0 Å². The highest BCUT2D eigenvalue weighted by Crippen LogP contribution is 2.11. The Kier molecular flexibility index (Phi) is 20.0. The van der Waals surface area contributed by atoms with E-state index in [1.165, 1.54) is 89.9 Å². The van der Waals surface area contributed by atoms with Gasteiger partial charge in [-0.15, -0.1) is 0 Å². The summed E-state index contributed by atoms with van der Waals surface area (Å²) in [7, 11) is 0. The van der Waals surface area contributed by atoms with Crippen molar-refractivity contribution in [3.05, 3.63) is 31.2 Å². The van der Waals surface area contributed by atoms with Crippen molar-refractivity contribution >= 4 is 0 Å². The summed E-state index contributed by atoms with van der Waals surface area (Å²) >= 11 is 0. The molecule has 0 aliphatic heterocycles. The van der Waals surface area contributed by atoms with Crippen LogP contribution in [0.1, 0.15) is 110 Å². The Morgan fingerprint density at radius 3 is 1.50 bits per heavy atom. The summed E-state index contributed by atoms with van der Waals surface area (Å²) < 4.78 is 0. The van der Waals surface area contributed by atoms with E-state index in [2.05, 4.69) is 38.2 Å². The molecule has 0 heterocycles. The first-order valence-corrected chi connectivity index (χ1v) is 10.0. The van der Waals surface area contributed by atoms with Crippen molar-refractivity contribution in [3.63, 3.8) is 0 Å². The fraction of sp³-hybridized carbons (Fsp3) is 0.773. The maximum Gasteiger partial charge on any atom is -0.0169 e. The van der Waals surface area contributed by atoms with Gasteiger partial charge in [0.25, 0.3) is 0 Å². The Morgan fingerprint density at radius 1 is 0.545 bits per heavy atom. The molecular weight excluding hydrogens is 264 g/mol. The van der Waals surface area contributed by atoms with Gasteiger partial charge in [0.2, 0.25) is 0 Å². The molecule has 0 saturated carbocycles. The Hall–Kier alpha value is -0.520. The molecule has 0 unspecified atom stereocenters. The third-order valence-electron chi connectivity index (χ3n) is 4.20. The number of rotatable bonds is 17. The summed E-state index contributed by atoms with van der Waals surface area (Å²) in [5.74, 6) is 0. The van der Waals surface area contributed by atoms with Crippen molar-refractivity contribution in [2.24, 2.45) is 0 Å². The molecule has 0 aliphatic rings. The van der Waals surface area contributed by atoms with Crippen molar-refractivity contribution in [2.45, 2.75) is 110 Å². The summed E-state index contributed by atoms with van der Waals surface area (Å²) in [5, 5.41) is 0. The Bertz CT molecular complexity index is 236. The second-order valence-electron chi connectivity index (χ2n) is 6.50. The minimum atomic E-state index is 1.11. The largest absolute Gasteiger partial charge is 0.0882 e. The van der Waals surface area contributed by atoms with Gasteiger partial charge >= 0.3 is 0 Å². The van der Waals surface area contributed by atoms with Crippen LogP contribution in [0.3, 0.4) is 0 Å². The molecule has 0 aromatic carbocycles. The Labute approximate surface area is 141 Å². The lowest BCUT2D eigenvalue weighted by Gasteiger charge is -2.01. The van der Waals surface area contributed by atoms with E-state index in [-0.39, 0.29) is 0 Å². The zero-order valence-corrected chi connectivity index (χ0v) is 15.3. The number of unbranched alkanes of at least 4 members (excludes halogenated alkanes) is 13. The molecule has 0 atom stereocenters. The molecule has 0 N–H and O–H groups in total. The molecule has 0 rings (SSSR count). The molecule has 0 fully saturated rings.